The molecule has 0 aliphatic rings. The zero-order valence-corrected chi connectivity index (χ0v) is 12.8. The second kappa shape index (κ2) is 7.59. The van der Waals surface area contributed by atoms with Gasteiger partial charge in [0.15, 0.2) is 0 Å². The molecule has 18 heavy (non-hydrogen) atoms. The molecule has 0 bridgehead atoms. The Bertz CT molecular complexity index is 446. The van der Waals surface area contributed by atoms with Gasteiger partial charge in [0, 0.05) is 11.3 Å². The first-order chi connectivity index (χ1) is 8.62. The molecule has 1 aromatic rings. The normalized spacial score (nSPS) is 10.2. The van der Waals surface area contributed by atoms with Gasteiger partial charge < -0.3 is 4.74 Å². The van der Waals surface area contributed by atoms with Crippen LogP contribution in [0.2, 0.25) is 0 Å². The van der Waals surface area contributed by atoms with Gasteiger partial charge in [-0.1, -0.05) is 22.0 Å². The number of carbonyl (C=O) groups excluding carboxylic acids is 2. The summed E-state index contributed by atoms with van der Waals surface area (Å²) in [4.78, 5) is 23.9. The monoisotopic (exact) mass is 330 g/mol. The molecule has 0 fully saturated rings. The van der Waals surface area contributed by atoms with Crippen LogP contribution in [0.3, 0.4) is 0 Å². The molecule has 0 amide bonds. The predicted octanol–water partition coefficient (Wildman–Crippen LogP) is 3.09. The lowest BCUT2D eigenvalue weighted by Gasteiger charge is -2.08. The van der Waals surface area contributed by atoms with Crippen LogP contribution in [0.25, 0.3) is 0 Å². The number of halogens is 1. The Kier molecular flexibility index (Phi) is 6.43. The fraction of sp³-hybridized carbons (Fsp3) is 0.385. The third-order valence-electron chi connectivity index (χ3n) is 2.31. The molecule has 0 atom stereocenters. The van der Waals surface area contributed by atoms with Crippen molar-refractivity contribution < 1.29 is 14.3 Å². The van der Waals surface area contributed by atoms with Crippen molar-refractivity contribution >= 4 is 39.4 Å². The molecule has 0 unspecified atom stereocenters. The van der Waals surface area contributed by atoms with E-state index in [1.54, 1.807) is 19.1 Å². The third kappa shape index (κ3) is 4.14. The van der Waals surface area contributed by atoms with E-state index in [0.717, 1.165) is 10.5 Å². The Morgan fingerprint density at radius 3 is 2.67 bits per heavy atom. The van der Waals surface area contributed by atoms with E-state index in [2.05, 4.69) is 15.9 Å². The van der Waals surface area contributed by atoms with Gasteiger partial charge in [-0.05, 0) is 30.9 Å². The summed E-state index contributed by atoms with van der Waals surface area (Å²) in [5.41, 5.74) is 1.47. The lowest BCUT2D eigenvalue weighted by Crippen LogP contribution is -2.08. The molecule has 3 nitrogen and oxygen atoms in total. The number of hydrogen-bond donors (Lipinski definition) is 0. The molecule has 0 aromatic heterocycles. The topological polar surface area (TPSA) is 43.4 Å². The molecule has 0 spiro atoms. The van der Waals surface area contributed by atoms with Crippen molar-refractivity contribution in [2.75, 3.05) is 18.2 Å². The number of ketones is 1. The van der Waals surface area contributed by atoms with Crippen LogP contribution < -0.4 is 0 Å². The number of esters is 1. The van der Waals surface area contributed by atoms with Crippen molar-refractivity contribution in [1.82, 2.24) is 0 Å². The highest BCUT2D eigenvalue weighted by molar-refractivity contribution is 9.09. The van der Waals surface area contributed by atoms with Crippen molar-refractivity contribution in [3.8, 4) is 0 Å². The average Bonchev–Trinajstić information content (AvgIpc) is 2.38. The minimum Gasteiger partial charge on any atom is -0.462 e. The van der Waals surface area contributed by atoms with Crippen LogP contribution in [0, 0.1) is 0 Å². The number of rotatable bonds is 6. The molecule has 0 N–H and O–H groups in total. The van der Waals surface area contributed by atoms with Gasteiger partial charge >= 0.3 is 5.97 Å². The van der Waals surface area contributed by atoms with Crippen LogP contribution in [0.4, 0.5) is 0 Å². The second-order valence-corrected chi connectivity index (χ2v) is 5.01. The molecule has 0 heterocycles. The maximum Gasteiger partial charge on any atom is 0.339 e. The standard InChI is InChI=1S/C13H15BrO3S/c1-3-17-13(16)11-5-4-9(6-10(15)8-14)7-12(11)18-2/h4-5,7H,3,6,8H2,1-2H3. The number of Topliss-reactive ketones (excluding diaryl/α,β-unsaturated/α-hetero) is 1. The highest BCUT2D eigenvalue weighted by atomic mass is 79.9. The lowest BCUT2D eigenvalue weighted by molar-refractivity contribution is -0.115. The maximum atomic E-state index is 11.7. The van der Waals surface area contributed by atoms with Crippen molar-refractivity contribution in [1.29, 1.82) is 0 Å². The van der Waals surface area contributed by atoms with Gasteiger partial charge in [0.1, 0.15) is 5.78 Å². The first kappa shape index (κ1) is 15.2. The van der Waals surface area contributed by atoms with Gasteiger partial charge in [0.05, 0.1) is 17.5 Å². The highest BCUT2D eigenvalue weighted by Gasteiger charge is 2.13. The molecule has 5 heteroatoms. The van der Waals surface area contributed by atoms with E-state index in [0.29, 0.717) is 23.9 Å². The van der Waals surface area contributed by atoms with Gasteiger partial charge in [-0.15, -0.1) is 11.8 Å². The van der Waals surface area contributed by atoms with Crippen LogP contribution in [0.5, 0.6) is 0 Å². The summed E-state index contributed by atoms with van der Waals surface area (Å²) in [5.74, 6) is -0.203. The summed E-state index contributed by atoms with van der Waals surface area (Å²) in [5, 5.41) is 0.348. The smallest absolute Gasteiger partial charge is 0.339 e. The molecule has 98 valence electrons. The van der Waals surface area contributed by atoms with Gasteiger partial charge in [-0.2, -0.15) is 0 Å². The number of hydrogen-bond acceptors (Lipinski definition) is 4. The Hall–Kier alpha value is -0.810. The number of alkyl halides is 1. The third-order valence-corrected chi connectivity index (χ3v) is 3.71. The Morgan fingerprint density at radius 1 is 1.39 bits per heavy atom. The summed E-state index contributed by atoms with van der Waals surface area (Å²) in [6.45, 7) is 2.14. The number of ether oxygens (including phenoxy) is 1. The zero-order chi connectivity index (χ0) is 13.5. The average molecular weight is 331 g/mol. The van der Waals surface area contributed by atoms with E-state index < -0.39 is 0 Å². The molecule has 0 aliphatic heterocycles. The van der Waals surface area contributed by atoms with Crippen LogP contribution in [0.1, 0.15) is 22.8 Å². The van der Waals surface area contributed by atoms with Gasteiger partial charge in [0.25, 0.3) is 0 Å². The minimum atomic E-state index is -0.319. The molecule has 0 aliphatic carbocycles. The summed E-state index contributed by atoms with van der Waals surface area (Å²) in [7, 11) is 0. The summed E-state index contributed by atoms with van der Waals surface area (Å²) in [6.07, 6.45) is 2.27. The number of benzene rings is 1. The summed E-state index contributed by atoms with van der Waals surface area (Å²) in [6, 6.07) is 5.39. The van der Waals surface area contributed by atoms with E-state index in [1.165, 1.54) is 11.8 Å². The minimum absolute atomic E-state index is 0.117. The quantitative estimate of drug-likeness (QED) is 0.456. The Morgan fingerprint density at radius 2 is 2.11 bits per heavy atom. The molecule has 0 radical (unpaired) electrons. The van der Waals surface area contributed by atoms with E-state index in [1.807, 2.05) is 12.3 Å². The molecular weight excluding hydrogens is 316 g/mol. The van der Waals surface area contributed by atoms with Crippen LogP contribution in [-0.2, 0) is 16.0 Å². The largest absolute Gasteiger partial charge is 0.462 e. The SMILES string of the molecule is CCOC(=O)c1ccc(CC(=O)CBr)cc1SC. The summed E-state index contributed by atoms with van der Waals surface area (Å²) >= 11 is 4.61. The van der Waals surface area contributed by atoms with Crippen molar-refractivity contribution in [2.45, 2.75) is 18.2 Å². The number of carbonyl (C=O) groups is 2. The zero-order valence-electron chi connectivity index (χ0n) is 10.4. The van der Waals surface area contributed by atoms with Crippen molar-refractivity contribution in [3.05, 3.63) is 29.3 Å². The molecule has 0 saturated carbocycles. The fourth-order valence-electron chi connectivity index (χ4n) is 1.50. The van der Waals surface area contributed by atoms with E-state index in [-0.39, 0.29) is 11.8 Å². The number of thioether (sulfide) groups is 1. The van der Waals surface area contributed by atoms with Gasteiger partial charge in [0.2, 0.25) is 0 Å². The van der Waals surface area contributed by atoms with E-state index >= 15 is 0 Å². The Labute approximate surface area is 119 Å². The molecule has 1 aromatic carbocycles. The molecule has 1 rings (SSSR count). The first-order valence-corrected chi connectivity index (χ1v) is 7.88. The highest BCUT2D eigenvalue weighted by Crippen LogP contribution is 2.23. The van der Waals surface area contributed by atoms with Crippen molar-refractivity contribution in [2.24, 2.45) is 0 Å². The second-order valence-electron chi connectivity index (χ2n) is 3.60. The van der Waals surface area contributed by atoms with E-state index in [9.17, 15) is 9.59 Å². The molecular formula is C13H15BrO3S. The van der Waals surface area contributed by atoms with Crippen LogP contribution >= 0.6 is 27.7 Å². The first-order valence-electron chi connectivity index (χ1n) is 5.54. The van der Waals surface area contributed by atoms with Crippen LogP contribution in [-0.4, -0.2) is 29.9 Å². The maximum absolute atomic E-state index is 11.7. The lowest BCUT2D eigenvalue weighted by atomic mass is 10.1. The summed E-state index contributed by atoms with van der Waals surface area (Å²) < 4.78 is 4.99. The van der Waals surface area contributed by atoms with Crippen molar-refractivity contribution in [3.63, 3.8) is 0 Å². The fourth-order valence-corrected chi connectivity index (χ4v) is 2.34. The molecule has 0 saturated heterocycles. The predicted molar refractivity (Wildman–Crippen MR) is 76.7 cm³/mol. The van der Waals surface area contributed by atoms with Gasteiger partial charge in [-0.25, -0.2) is 4.79 Å². The van der Waals surface area contributed by atoms with E-state index in [4.69, 9.17) is 4.74 Å². The van der Waals surface area contributed by atoms with Gasteiger partial charge in [-0.3, -0.25) is 4.79 Å². The Balaban J connectivity index is 2.96. The van der Waals surface area contributed by atoms with Crippen LogP contribution in [0.15, 0.2) is 23.1 Å².